The number of methoxy groups -OCH3 is 1. The fraction of sp³-hybridized carbons (Fsp3) is 0.600. The van der Waals surface area contributed by atoms with Gasteiger partial charge in [-0.1, -0.05) is 44.2 Å². The zero-order valence-electron chi connectivity index (χ0n) is 10.2. The lowest BCUT2D eigenvalue weighted by Crippen LogP contribution is -2.07. The SMILES string of the molecule is COc1ccc(CCC2CCCCC2)cc1. The van der Waals surface area contributed by atoms with Crippen LogP contribution in [0.2, 0.25) is 0 Å². The van der Waals surface area contributed by atoms with Crippen molar-refractivity contribution in [2.75, 3.05) is 7.11 Å². The molecule has 16 heavy (non-hydrogen) atoms. The minimum atomic E-state index is 0.960. The molecule has 88 valence electrons. The lowest BCUT2D eigenvalue weighted by molar-refractivity contribution is 0.339. The molecule has 2 rings (SSSR count). The number of benzene rings is 1. The number of hydrogen-bond acceptors (Lipinski definition) is 1. The van der Waals surface area contributed by atoms with Gasteiger partial charge in [-0.3, -0.25) is 0 Å². The minimum Gasteiger partial charge on any atom is -0.497 e. The van der Waals surface area contributed by atoms with Crippen molar-refractivity contribution in [3.8, 4) is 5.75 Å². The second-order valence-electron chi connectivity index (χ2n) is 4.89. The van der Waals surface area contributed by atoms with E-state index in [0.717, 1.165) is 11.7 Å². The van der Waals surface area contributed by atoms with Crippen LogP contribution in [0, 0.1) is 5.92 Å². The highest BCUT2D eigenvalue weighted by Gasteiger charge is 2.12. The highest BCUT2D eigenvalue weighted by molar-refractivity contribution is 5.27. The Balaban J connectivity index is 1.79. The molecule has 0 atom stereocenters. The van der Waals surface area contributed by atoms with Gasteiger partial charge in [0.15, 0.2) is 0 Å². The van der Waals surface area contributed by atoms with Crippen molar-refractivity contribution in [3.05, 3.63) is 29.8 Å². The molecule has 1 saturated carbocycles. The predicted molar refractivity (Wildman–Crippen MR) is 67.9 cm³/mol. The topological polar surface area (TPSA) is 9.23 Å². The molecule has 0 saturated heterocycles. The molecule has 1 heteroatoms. The van der Waals surface area contributed by atoms with Crippen LogP contribution in [0.3, 0.4) is 0 Å². The molecule has 0 amide bonds. The van der Waals surface area contributed by atoms with Crippen LogP contribution in [-0.2, 0) is 6.42 Å². The Morgan fingerprint density at radius 1 is 1.06 bits per heavy atom. The first-order chi connectivity index (χ1) is 7.88. The van der Waals surface area contributed by atoms with Gasteiger partial charge in [0.05, 0.1) is 7.11 Å². The fourth-order valence-corrected chi connectivity index (χ4v) is 2.64. The average molecular weight is 218 g/mol. The van der Waals surface area contributed by atoms with Crippen LogP contribution in [0.4, 0.5) is 0 Å². The first-order valence-corrected chi connectivity index (χ1v) is 6.51. The molecule has 1 aromatic rings. The third kappa shape index (κ3) is 3.26. The lowest BCUT2D eigenvalue weighted by Gasteiger charge is -2.21. The van der Waals surface area contributed by atoms with Gasteiger partial charge in [0.1, 0.15) is 5.75 Å². The second kappa shape index (κ2) is 5.93. The largest absolute Gasteiger partial charge is 0.497 e. The summed E-state index contributed by atoms with van der Waals surface area (Å²) in [6.07, 6.45) is 9.87. The summed E-state index contributed by atoms with van der Waals surface area (Å²) in [4.78, 5) is 0. The summed E-state index contributed by atoms with van der Waals surface area (Å²) in [5, 5.41) is 0. The van der Waals surface area contributed by atoms with Crippen molar-refractivity contribution in [2.24, 2.45) is 5.92 Å². The molecule has 0 N–H and O–H groups in total. The summed E-state index contributed by atoms with van der Waals surface area (Å²) >= 11 is 0. The van der Waals surface area contributed by atoms with Crippen LogP contribution >= 0.6 is 0 Å². The molecule has 0 aliphatic heterocycles. The van der Waals surface area contributed by atoms with E-state index in [1.165, 1.54) is 50.5 Å². The standard InChI is InChI=1S/C15H22O/c1-16-15-11-9-14(10-12-15)8-7-13-5-3-2-4-6-13/h9-13H,2-8H2,1H3. The molecule has 0 bridgehead atoms. The third-order valence-corrected chi connectivity index (χ3v) is 3.73. The molecule has 0 spiro atoms. The maximum absolute atomic E-state index is 5.16. The van der Waals surface area contributed by atoms with E-state index in [1.807, 2.05) is 0 Å². The summed E-state index contributed by atoms with van der Waals surface area (Å²) in [5.41, 5.74) is 1.45. The van der Waals surface area contributed by atoms with Gasteiger partial charge in [-0.15, -0.1) is 0 Å². The van der Waals surface area contributed by atoms with Gasteiger partial charge in [0.2, 0.25) is 0 Å². The van der Waals surface area contributed by atoms with E-state index in [9.17, 15) is 0 Å². The van der Waals surface area contributed by atoms with Crippen molar-refractivity contribution in [1.82, 2.24) is 0 Å². The third-order valence-electron chi connectivity index (χ3n) is 3.73. The minimum absolute atomic E-state index is 0.960. The van der Waals surface area contributed by atoms with E-state index in [1.54, 1.807) is 7.11 Å². The monoisotopic (exact) mass is 218 g/mol. The number of ether oxygens (including phenoxy) is 1. The molecule has 1 aromatic carbocycles. The Kier molecular flexibility index (Phi) is 4.26. The molecule has 0 heterocycles. The van der Waals surface area contributed by atoms with Crippen molar-refractivity contribution in [2.45, 2.75) is 44.9 Å². The molecule has 0 radical (unpaired) electrons. The van der Waals surface area contributed by atoms with Crippen LogP contribution in [0.1, 0.15) is 44.1 Å². The van der Waals surface area contributed by atoms with Gasteiger partial charge in [-0.25, -0.2) is 0 Å². The van der Waals surface area contributed by atoms with E-state index < -0.39 is 0 Å². The highest BCUT2D eigenvalue weighted by Crippen LogP contribution is 2.27. The number of hydrogen-bond donors (Lipinski definition) is 0. The molecule has 1 fully saturated rings. The zero-order chi connectivity index (χ0) is 11.2. The normalized spacial score (nSPS) is 17.3. The smallest absolute Gasteiger partial charge is 0.118 e. The Labute approximate surface area is 98.8 Å². The molecule has 1 aliphatic rings. The first-order valence-electron chi connectivity index (χ1n) is 6.51. The quantitative estimate of drug-likeness (QED) is 0.735. The van der Waals surface area contributed by atoms with Crippen molar-refractivity contribution in [1.29, 1.82) is 0 Å². The summed E-state index contributed by atoms with van der Waals surface area (Å²) in [7, 11) is 1.72. The number of aryl methyl sites for hydroxylation is 1. The second-order valence-corrected chi connectivity index (χ2v) is 4.89. The van der Waals surface area contributed by atoms with E-state index in [-0.39, 0.29) is 0 Å². The molecule has 0 aromatic heterocycles. The van der Waals surface area contributed by atoms with Crippen LogP contribution in [0.5, 0.6) is 5.75 Å². The van der Waals surface area contributed by atoms with E-state index >= 15 is 0 Å². The first kappa shape index (κ1) is 11.5. The van der Waals surface area contributed by atoms with Crippen LogP contribution in [0.15, 0.2) is 24.3 Å². The van der Waals surface area contributed by atoms with E-state index in [0.29, 0.717) is 0 Å². The Morgan fingerprint density at radius 3 is 2.38 bits per heavy atom. The molecular weight excluding hydrogens is 196 g/mol. The summed E-state index contributed by atoms with van der Waals surface area (Å²) in [5.74, 6) is 1.94. The molecule has 1 nitrogen and oxygen atoms in total. The number of rotatable bonds is 4. The van der Waals surface area contributed by atoms with Gasteiger partial charge in [0, 0.05) is 0 Å². The zero-order valence-corrected chi connectivity index (χ0v) is 10.2. The van der Waals surface area contributed by atoms with Crippen molar-refractivity contribution in [3.63, 3.8) is 0 Å². The maximum Gasteiger partial charge on any atom is 0.118 e. The van der Waals surface area contributed by atoms with Gasteiger partial charge in [-0.2, -0.15) is 0 Å². The molecule has 0 unspecified atom stereocenters. The van der Waals surface area contributed by atoms with Gasteiger partial charge >= 0.3 is 0 Å². The average Bonchev–Trinajstić information content (AvgIpc) is 2.38. The summed E-state index contributed by atoms with van der Waals surface area (Å²) in [6.45, 7) is 0. The predicted octanol–water partition coefficient (Wildman–Crippen LogP) is 4.21. The van der Waals surface area contributed by atoms with Crippen LogP contribution in [-0.4, -0.2) is 7.11 Å². The maximum atomic E-state index is 5.16. The van der Waals surface area contributed by atoms with Crippen LogP contribution < -0.4 is 4.74 Å². The van der Waals surface area contributed by atoms with Crippen LogP contribution in [0.25, 0.3) is 0 Å². The van der Waals surface area contributed by atoms with Gasteiger partial charge < -0.3 is 4.74 Å². The van der Waals surface area contributed by atoms with Gasteiger partial charge in [-0.05, 0) is 36.5 Å². The van der Waals surface area contributed by atoms with E-state index in [4.69, 9.17) is 4.74 Å². The summed E-state index contributed by atoms with van der Waals surface area (Å²) < 4.78 is 5.16. The highest BCUT2D eigenvalue weighted by atomic mass is 16.5. The van der Waals surface area contributed by atoms with Gasteiger partial charge in [0.25, 0.3) is 0 Å². The molecule has 1 aliphatic carbocycles. The Bertz CT molecular complexity index is 296. The fourth-order valence-electron chi connectivity index (χ4n) is 2.64. The summed E-state index contributed by atoms with van der Waals surface area (Å²) in [6, 6.07) is 8.52. The Hall–Kier alpha value is -0.980. The van der Waals surface area contributed by atoms with Crippen molar-refractivity contribution < 1.29 is 4.74 Å². The Morgan fingerprint density at radius 2 is 1.75 bits per heavy atom. The van der Waals surface area contributed by atoms with Crippen molar-refractivity contribution >= 4 is 0 Å². The lowest BCUT2D eigenvalue weighted by atomic mass is 9.85. The molecular formula is C15H22O. The van der Waals surface area contributed by atoms with E-state index in [2.05, 4.69) is 24.3 Å².